The van der Waals surface area contributed by atoms with Gasteiger partial charge in [0, 0.05) is 17.7 Å². The summed E-state index contributed by atoms with van der Waals surface area (Å²) in [7, 11) is 1.64. The van der Waals surface area contributed by atoms with Crippen molar-refractivity contribution in [3.05, 3.63) is 95.7 Å². The molecule has 154 valence electrons. The first kappa shape index (κ1) is 18.9. The summed E-state index contributed by atoms with van der Waals surface area (Å²) in [6.07, 6.45) is 0.620. The highest BCUT2D eigenvalue weighted by molar-refractivity contribution is 5.72. The summed E-state index contributed by atoms with van der Waals surface area (Å²) in [5.41, 5.74) is 4.84. The lowest BCUT2D eigenvalue weighted by Gasteiger charge is -2.22. The number of aromatic nitrogens is 2. The molecular weight excluding hydrogens is 390 g/mol. The van der Waals surface area contributed by atoms with Crippen molar-refractivity contribution in [3.63, 3.8) is 0 Å². The first-order valence-electron chi connectivity index (χ1n) is 10.0. The summed E-state index contributed by atoms with van der Waals surface area (Å²) >= 11 is 0. The summed E-state index contributed by atoms with van der Waals surface area (Å²) in [5.74, 6) is 3.12. The Hall–Kier alpha value is -4.06. The van der Waals surface area contributed by atoms with Gasteiger partial charge in [-0.2, -0.15) is 4.98 Å². The Labute approximate surface area is 180 Å². The van der Waals surface area contributed by atoms with Crippen molar-refractivity contribution in [1.82, 2.24) is 10.1 Å². The molecule has 0 saturated heterocycles. The van der Waals surface area contributed by atoms with Crippen LogP contribution in [0.4, 0.5) is 5.69 Å². The monoisotopic (exact) mass is 411 g/mol. The van der Waals surface area contributed by atoms with Crippen molar-refractivity contribution >= 4 is 11.3 Å². The Balaban J connectivity index is 1.52. The number of anilines is 1. The van der Waals surface area contributed by atoms with Gasteiger partial charge < -0.3 is 19.3 Å². The van der Waals surface area contributed by atoms with E-state index >= 15 is 0 Å². The molecule has 3 aromatic carbocycles. The van der Waals surface area contributed by atoms with Crippen LogP contribution < -0.4 is 14.8 Å². The molecule has 0 radical (unpaired) electrons. The van der Waals surface area contributed by atoms with Crippen molar-refractivity contribution < 1.29 is 14.0 Å². The molecule has 6 heteroatoms. The van der Waals surface area contributed by atoms with E-state index in [4.69, 9.17) is 14.0 Å². The number of nitrogens with zero attached hydrogens (tertiary/aromatic N) is 2. The molecule has 2 heterocycles. The Bertz CT molecular complexity index is 1240. The van der Waals surface area contributed by atoms with Crippen molar-refractivity contribution in [2.45, 2.75) is 13.3 Å². The van der Waals surface area contributed by atoms with E-state index in [0.717, 1.165) is 33.9 Å². The second-order valence-corrected chi connectivity index (χ2v) is 7.34. The molecule has 6 nitrogen and oxygen atoms in total. The molecule has 1 aliphatic rings. The van der Waals surface area contributed by atoms with Crippen LogP contribution in [-0.2, 0) is 6.42 Å². The molecule has 1 aliphatic heterocycles. The molecule has 0 atom stereocenters. The number of aryl methyl sites for hydroxylation is 1. The lowest BCUT2D eigenvalue weighted by atomic mass is 10.0. The summed E-state index contributed by atoms with van der Waals surface area (Å²) in [6.45, 7) is 2.06. The standard InChI is InChI=1S/C25H21N3O3/c1-16-7-11-19(12-8-16)26-24-21(15-18-5-3-4-6-22(18)30-24)25-27-23(28-31-25)17-9-13-20(29-2)14-10-17/h3-14,26H,15H2,1-2H3. The number of ether oxygens (including phenoxy) is 2. The lowest BCUT2D eigenvalue weighted by Crippen LogP contribution is -2.16. The summed E-state index contributed by atoms with van der Waals surface area (Å²) in [4.78, 5) is 4.64. The average molecular weight is 411 g/mol. The van der Waals surface area contributed by atoms with Gasteiger partial charge in [0.1, 0.15) is 11.5 Å². The van der Waals surface area contributed by atoms with Crippen LogP contribution in [0.5, 0.6) is 11.5 Å². The largest absolute Gasteiger partial charge is 0.497 e. The van der Waals surface area contributed by atoms with E-state index in [2.05, 4.69) is 22.4 Å². The van der Waals surface area contributed by atoms with Crippen LogP contribution >= 0.6 is 0 Å². The van der Waals surface area contributed by atoms with Crippen LogP contribution in [0.25, 0.3) is 17.0 Å². The maximum Gasteiger partial charge on any atom is 0.259 e. The third-order valence-corrected chi connectivity index (χ3v) is 5.17. The van der Waals surface area contributed by atoms with Gasteiger partial charge in [0.05, 0.1) is 12.7 Å². The predicted molar refractivity (Wildman–Crippen MR) is 119 cm³/mol. The fourth-order valence-corrected chi connectivity index (χ4v) is 3.44. The Kier molecular flexibility index (Phi) is 4.88. The van der Waals surface area contributed by atoms with E-state index in [1.165, 1.54) is 5.56 Å². The smallest absolute Gasteiger partial charge is 0.259 e. The molecule has 0 spiro atoms. The fourth-order valence-electron chi connectivity index (χ4n) is 3.44. The number of para-hydroxylation sites is 1. The molecule has 0 amide bonds. The van der Waals surface area contributed by atoms with Crippen LogP contribution in [-0.4, -0.2) is 17.3 Å². The van der Waals surface area contributed by atoms with E-state index in [1.54, 1.807) is 7.11 Å². The second kappa shape index (κ2) is 7.99. The molecular formula is C25H21N3O3. The van der Waals surface area contributed by atoms with Gasteiger partial charge in [-0.3, -0.25) is 0 Å². The summed E-state index contributed by atoms with van der Waals surface area (Å²) in [6, 6.07) is 23.6. The number of hydrogen-bond donors (Lipinski definition) is 1. The molecule has 1 aromatic heterocycles. The van der Waals surface area contributed by atoms with Crippen molar-refractivity contribution in [3.8, 4) is 22.9 Å². The number of fused-ring (bicyclic) bond motifs is 1. The number of rotatable bonds is 5. The van der Waals surface area contributed by atoms with Gasteiger partial charge in [0.2, 0.25) is 11.7 Å². The first-order valence-corrected chi connectivity index (χ1v) is 10.0. The number of nitrogens with one attached hydrogen (secondary N) is 1. The van der Waals surface area contributed by atoms with Crippen molar-refractivity contribution in [2.24, 2.45) is 0 Å². The fraction of sp³-hybridized carbons (Fsp3) is 0.120. The Morgan fingerprint density at radius 1 is 0.935 bits per heavy atom. The van der Waals surface area contributed by atoms with Gasteiger partial charge >= 0.3 is 0 Å². The van der Waals surface area contributed by atoms with E-state index < -0.39 is 0 Å². The van der Waals surface area contributed by atoms with E-state index in [9.17, 15) is 0 Å². The maximum absolute atomic E-state index is 6.20. The minimum atomic E-state index is 0.426. The van der Waals surface area contributed by atoms with Gasteiger partial charge in [-0.15, -0.1) is 0 Å². The van der Waals surface area contributed by atoms with Gasteiger partial charge in [0.15, 0.2) is 0 Å². The second-order valence-electron chi connectivity index (χ2n) is 7.34. The molecule has 31 heavy (non-hydrogen) atoms. The molecule has 0 unspecified atom stereocenters. The number of hydrogen-bond acceptors (Lipinski definition) is 6. The number of methoxy groups -OCH3 is 1. The van der Waals surface area contributed by atoms with Gasteiger partial charge in [-0.1, -0.05) is 41.1 Å². The minimum absolute atomic E-state index is 0.426. The minimum Gasteiger partial charge on any atom is -0.497 e. The molecule has 1 N–H and O–H groups in total. The average Bonchev–Trinajstić information content (AvgIpc) is 3.30. The van der Waals surface area contributed by atoms with Crippen molar-refractivity contribution in [2.75, 3.05) is 12.4 Å². The van der Waals surface area contributed by atoms with Gasteiger partial charge in [-0.25, -0.2) is 0 Å². The number of allylic oxidation sites excluding steroid dienone is 1. The zero-order chi connectivity index (χ0) is 21.2. The molecule has 0 bridgehead atoms. The van der Waals surface area contributed by atoms with E-state index in [0.29, 0.717) is 24.0 Å². The predicted octanol–water partition coefficient (Wildman–Crippen LogP) is 5.47. The van der Waals surface area contributed by atoms with Crippen LogP contribution in [0.15, 0.2) is 83.2 Å². The molecule has 5 rings (SSSR count). The van der Waals surface area contributed by atoms with Gasteiger partial charge in [0.25, 0.3) is 5.89 Å². The van der Waals surface area contributed by atoms with Crippen LogP contribution in [0.2, 0.25) is 0 Å². The first-order chi connectivity index (χ1) is 15.2. The van der Waals surface area contributed by atoms with Crippen LogP contribution in [0.3, 0.4) is 0 Å². The molecule has 0 fully saturated rings. The Morgan fingerprint density at radius 2 is 1.71 bits per heavy atom. The highest BCUT2D eigenvalue weighted by Crippen LogP contribution is 2.35. The van der Waals surface area contributed by atoms with Gasteiger partial charge in [-0.05, 0) is 55.0 Å². The zero-order valence-electron chi connectivity index (χ0n) is 17.3. The highest BCUT2D eigenvalue weighted by Gasteiger charge is 2.25. The summed E-state index contributed by atoms with van der Waals surface area (Å²) < 4.78 is 17.1. The van der Waals surface area contributed by atoms with E-state index in [1.807, 2.05) is 72.8 Å². The van der Waals surface area contributed by atoms with E-state index in [-0.39, 0.29) is 0 Å². The molecule has 4 aromatic rings. The SMILES string of the molecule is COc1ccc(-c2noc(C3=C(Nc4ccc(C)cc4)Oc4ccccc4C3)n2)cc1. The maximum atomic E-state index is 6.20. The molecule has 0 aliphatic carbocycles. The zero-order valence-corrected chi connectivity index (χ0v) is 17.3. The molecule has 0 saturated carbocycles. The third kappa shape index (κ3) is 3.88. The third-order valence-electron chi connectivity index (χ3n) is 5.17. The topological polar surface area (TPSA) is 69.4 Å². The summed E-state index contributed by atoms with van der Waals surface area (Å²) in [5, 5.41) is 7.56. The van der Waals surface area contributed by atoms with Crippen LogP contribution in [0, 0.1) is 6.92 Å². The van der Waals surface area contributed by atoms with Crippen molar-refractivity contribution in [1.29, 1.82) is 0 Å². The number of benzene rings is 3. The Morgan fingerprint density at radius 3 is 2.48 bits per heavy atom. The normalized spacial score (nSPS) is 12.8. The highest BCUT2D eigenvalue weighted by atomic mass is 16.5. The van der Waals surface area contributed by atoms with Crippen LogP contribution in [0.1, 0.15) is 17.0 Å². The quantitative estimate of drug-likeness (QED) is 0.470. The lowest BCUT2D eigenvalue weighted by molar-refractivity contribution is 0.390.